The van der Waals surface area contributed by atoms with E-state index in [1.807, 2.05) is 31.2 Å². The highest BCUT2D eigenvalue weighted by Gasteiger charge is 2.32. The summed E-state index contributed by atoms with van der Waals surface area (Å²) in [7, 11) is 1.74. The second-order valence-electron chi connectivity index (χ2n) is 6.60. The predicted octanol–water partition coefficient (Wildman–Crippen LogP) is 4.16. The van der Waals surface area contributed by atoms with Crippen molar-refractivity contribution >= 4 is 40.3 Å². The molecule has 0 saturated carbocycles. The molecule has 0 aliphatic heterocycles. The second kappa shape index (κ2) is 8.02. The highest BCUT2D eigenvalue weighted by atomic mass is 32.2. The lowest BCUT2D eigenvalue weighted by atomic mass is 9.89. The van der Waals surface area contributed by atoms with Crippen LogP contribution in [-0.2, 0) is 10.3 Å². The molecule has 0 amide bonds. The average Bonchev–Trinajstić information content (AvgIpc) is 3.06. The van der Waals surface area contributed by atoms with Gasteiger partial charge in [-0.25, -0.2) is 0 Å². The monoisotopic (exact) mass is 414 g/mol. The number of para-hydroxylation sites is 1. The summed E-state index contributed by atoms with van der Waals surface area (Å²) in [6, 6.07) is 11.1. The van der Waals surface area contributed by atoms with Gasteiger partial charge in [-0.15, -0.1) is 0 Å². The van der Waals surface area contributed by atoms with Gasteiger partial charge in [0.15, 0.2) is 0 Å². The minimum Gasteiger partial charge on any atom is -0.349 e. The number of carbonyl (C=O) groups is 1. The van der Waals surface area contributed by atoms with Crippen molar-refractivity contribution in [3.05, 3.63) is 68.3 Å². The fraction of sp³-hybridized carbons (Fsp3) is 0.211. The van der Waals surface area contributed by atoms with Gasteiger partial charge in [0.25, 0.3) is 11.4 Å². The van der Waals surface area contributed by atoms with Crippen LogP contribution < -0.4 is 5.32 Å². The lowest BCUT2D eigenvalue weighted by Gasteiger charge is -2.28. The van der Waals surface area contributed by atoms with Gasteiger partial charge in [0.1, 0.15) is 6.29 Å². The summed E-state index contributed by atoms with van der Waals surface area (Å²) >= 11 is 1.11. The highest BCUT2D eigenvalue weighted by Crippen LogP contribution is 2.44. The van der Waals surface area contributed by atoms with Crippen LogP contribution in [0.4, 0.5) is 11.4 Å². The van der Waals surface area contributed by atoms with Crippen molar-refractivity contribution in [2.45, 2.75) is 28.8 Å². The van der Waals surface area contributed by atoms with Gasteiger partial charge in [-0.2, -0.15) is 0 Å². The zero-order chi connectivity index (χ0) is 21.2. The molecule has 0 radical (unpaired) electrons. The Hall–Kier alpha value is -3.24. The molecule has 0 aliphatic carbocycles. The second-order valence-corrected chi connectivity index (χ2v) is 7.65. The molecule has 9 nitrogen and oxygen atoms in total. The van der Waals surface area contributed by atoms with E-state index in [0.29, 0.717) is 5.03 Å². The van der Waals surface area contributed by atoms with Crippen LogP contribution in [0.3, 0.4) is 0 Å². The van der Waals surface area contributed by atoms with Crippen molar-refractivity contribution in [2.75, 3.05) is 7.05 Å². The SMILES string of the molecule is CNC(C)(CC=O)c1c(Sc2ccc([N+](=O)[O-])cc2[N+](=O)[O-])[nH]c2ccccc12. The van der Waals surface area contributed by atoms with Crippen LogP contribution in [0.15, 0.2) is 52.4 Å². The van der Waals surface area contributed by atoms with Gasteiger partial charge in [0.2, 0.25) is 0 Å². The van der Waals surface area contributed by atoms with Gasteiger partial charge in [0, 0.05) is 29.0 Å². The Morgan fingerprint density at radius 1 is 1.17 bits per heavy atom. The zero-order valence-electron chi connectivity index (χ0n) is 15.7. The number of fused-ring (bicyclic) bond motifs is 1. The van der Waals surface area contributed by atoms with Crippen LogP contribution in [0.5, 0.6) is 0 Å². The number of nitro benzene ring substituents is 2. The molecule has 2 N–H and O–H groups in total. The molecular formula is C19H18N4O5S. The standard InChI is InChI=1S/C19H18N4O5S/c1-19(20-2,9-10-24)17-13-5-3-4-6-14(13)21-18(17)29-16-8-7-12(22(25)26)11-15(16)23(27)28/h3-8,10-11,20-21H,9H2,1-2H3. The van der Waals surface area contributed by atoms with Gasteiger partial charge < -0.3 is 15.1 Å². The van der Waals surface area contributed by atoms with Gasteiger partial charge in [-0.1, -0.05) is 30.0 Å². The molecule has 1 atom stereocenters. The van der Waals surface area contributed by atoms with Gasteiger partial charge >= 0.3 is 0 Å². The van der Waals surface area contributed by atoms with E-state index in [2.05, 4.69) is 10.3 Å². The summed E-state index contributed by atoms with van der Waals surface area (Å²) < 4.78 is 0. The Kier molecular flexibility index (Phi) is 5.66. The number of aldehydes is 1. The fourth-order valence-corrected chi connectivity index (χ4v) is 4.39. The minimum atomic E-state index is -0.709. The molecule has 0 bridgehead atoms. The summed E-state index contributed by atoms with van der Waals surface area (Å²) in [5.41, 5.74) is 0.218. The first kappa shape index (κ1) is 20.5. The van der Waals surface area contributed by atoms with Gasteiger partial charge in [-0.05, 0) is 26.1 Å². The normalized spacial score (nSPS) is 13.2. The molecule has 29 heavy (non-hydrogen) atoms. The van der Waals surface area contributed by atoms with Crippen molar-refractivity contribution in [1.29, 1.82) is 0 Å². The summed E-state index contributed by atoms with van der Waals surface area (Å²) in [5.74, 6) is 0. The maximum absolute atomic E-state index is 11.5. The van der Waals surface area contributed by atoms with Crippen LogP contribution in [0.25, 0.3) is 10.9 Å². The maximum atomic E-state index is 11.5. The molecule has 0 fully saturated rings. The first-order chi connectivity index (χ1) is 13.8. The third-order valence-corrected chi connectivity index (χ3v) is 5.90. The Labute approximate surface area is 169 Å². The van der Waals surface area contributed by atoms with Crippen molar-refractivity contribution in [3.63, 3.8) is 0 Å². The number of aromatic amines is 1. The molecule has 1 heterocycles. The minimum absolute atomic E-state index is 0.196. The van der Waals surface area contributed by atoms with Crippen LogP contribution >= 0.6 is 11.8 Å². The van der Waals surface area contributed by atoms with Crippen molar-refractivity contribution in [1.82, 2.24) is 10.3 Å². The molecule has 0 aliphatic rings. The van der Waals surface area contributed by atoms with Gasteiger partial charge in [-0.3, -0.25) is 20.2 Å². The molecule has 0 spiro atoms. The maximum Gasteiger partial charge on any atom is 0.290 e. The topological polar surface area (TPSA) is 131 Å². The number of nitrogens with zero attached hydrogens (tertiary/aromatic N) is 2. The highest BCUT2D eigenvalue weighted by molar-refractivity contribution is 7.99. The van der Waals surface area contributed by atoms with E-state index in [1.54, 1.807) is 7.05 Å². The van der Waals surface area contributed by atoms with E-state index in [0.717, 1.165) is 40.6 Å². The summed E-state index contributed by atoms with van der Waals surface area (Å²) in [6.45, 7) is 1.88. The molecule has 1 unspecified atom stereocenters. The van der Waals surface area contributed by atoms with Gasteiger partial charge in [0.05, 0.1) is 31.4 Å². The van der Waals surface area contributed by atoms with E-state index >= 15 is 0 Å². The van der Waals surface area contributed by atoms with E-state index in [4.69, 9.17) is 0 Å². The fourth-order valence-electron chi connectivity index (χ4n) is 3.20. The first-order valence-electron chi connectivity index (χ1n) is 8.65. The van der Waals surface area contributed by atoms with Crippen molar-refractivity contribution < 1.29 is 14.6 Å². The summed E-state index contributed by atoms with van der Waals surface area (Å²) in [6.07, 6.45) is 1.02. The van der Waals surface area contributed by atoms with E-state index in [1.165, 1.54) is 12.1 Å². The molecule has 3 rings (SSSR count). The Bertz CT molecular complexity index is 1110. The average molecular weight is 414 g/mol. The Morgan fingerprint density at radius 2 is 1.90 bits per heavy atom. The largest absolute Gasteiger partial charge is 0.349 e. The molecule has 150 valence electrons. The Morgan fingerprint density at radius 3 is 2.52 bits per heavy atom. The van der Waals surface area contributed by atoms with E-state index in [-0.39, 0.29) is 22.7 Å². The first-order valence-corrected chi connectivity index (χ1v) is 9.47. The number of hydrogen-bond acceptors (Lipinski definition) is 7. The summed E-state index contributed by atoms with van der Waals surface area (Å²) in [4.78, 5) is 36.0. The quantitative estimate of drug-likeness (QED) is 0.321. The third kappa shape index (κ3) is 3.84. The number of benzene rings is 2. The lowest BCUT2D eigenvalue weighted by Crippen LogP contribution is -2.37. The predicted molar refractivity (Wildman–Crippen MR) is 109 cm³/mol. The third-order valence-electron chi connectivity index (χ3n) is 4.83. The molecule has 0 saturated heterocycles. The number of nitrogens with one attached hydrogen (secondary N) is 2. The van der Waals surface area contributed by atoms with Crippen molar-refractivity contribution in [3.8, 4) is 0 Å². The lowest BCUT2D eigenvalue weighted by molar-refractivity contribution is -0.396. The van der Waals surface area contributed by atoms with E-state index in [9.17, 15) is 25.0 Å². The molecular weight excluding hydrogens is 396 g/mol. The van der Waals surface area contributed by atoms with Crippen LogP contribution in [0, 0.1) is 20.2 Å². The molecule has 3 aromatic rings. The zero-order valence-corrected chi connectivity index (χ0v) is 16.5. The number of carbonyl (C=O) groups excluding carboxylic acids is 1. The number of hydrogen-bond donors (Lipinski definition) is 2. The van der Waals surface area contributed by atoms with E-state index < -0.39 is 15.4 Å². The molecule has 2 aromatic carbocycles. The summed E-state index contributed by atoms with van der Waals surface area (Å²) in [5, 5.41) is 27.2. The van der Waals surface area contributed by atoms with Crippen LogP contribution in [0.1, 0.15) is 18.9 Å². The van der Waals surface area contributed by atoms with Crippen LogP contribution in [-0.4, -0.2) is 28.2 Å². The number of rotatable bonds is 8. The number of nitro groups is 2. The van der Waals surface area contributed by atoms with Crippen LogP contribution in [0.2, 0.25) is 0 Å². The number of H-pyrrole nitrogens is 1. The molecule has 1 aromatic heterocycles. The molecule has 10 heteroatoms. The Balaban J connectivity index is 2.19. The van der Waals surface area contributed by atoms with Crippen molar-refractivity contribution in [2.24, 2.45) is 0 Å². The number of non-ortho nitro benzene ring substituents is 1. The number of aromatic nitrogens is 1. The smallest absolute Gasteiger partial charge is 0.290 e.